The number of halogens is 3. The lowest BCUT2D eigenvalue weighted by Gasteiger charge is -2.25. The van der Waals surface area contributed by atoms with Gasteiger partial charge in [-0.25, -0.2) is 15.0 Å². The molecule has 0 spiro atoms. The Hall–Kier alpha value is -3.35. The Morgan fingerprint density at radius 3 is 2.76 bits per heavy atom. The van der Waals surface area contributed by atoms with Crippen LogP contribution in [0.2, 0.25) is 0 Å². The number of hydrogen-bond donors (Lipinski definition) is 1. The number of benzene rings is 1. The molecule has 1 aliphatic heterocycles. The second kappa shape index (κ2) is 9.12. The van der Waals surface area contributed by atoms with Crippen molar-refractivity contribution in [2.75, 3.05) is 31.6 Å². The van der Waals surface area contributed by atoms with Gasteiger partial charge in [-0.15, -0.1) is 11.3 Å². The van der Waals surface area contributed by atoms with Crippen LogP contribution in [-0.4, -0.2) is 56.5 Å². The van der Waals surface area contributed by atoms with Crippen LogP contribution in [0.25, 0.3) is 16.9 Å². The van der Waals surface area contributed by atoms with Gasteiger partial charge in [0, 0.05) is 49.2 Å². The highest BCUT2D eigenvalue weighted by Gasteiger charge is 2.34. The maximum absolute atomic E-state index is 13.5. The molecule has 5 rings (SSSR count). The average molecular weight is 488 g/mol. The smallest absolute Gasteiger partial charge is 0.379 e. The van der Waals surface area contributed by atoms with Crippen LogP contribution in [0.1, 0.15) is 21.7 Å². The van der Waals surface area contributed by atoms with Crippen LogP contribution in [-0.2, 0) is 17.5 Å². The highest BCUT2D eigenvalue weighted by molar-refractivity contribution is 7.14. The first-order valence-electron chi connectivity index (χ1n) is 10.4. The molecule has 4 aromatic rings. The maximum atomic E-state index is 13.5. The number of fused-ring (bicyclic) bond motifs is 1. The van der Waals surface area contributed by atoms with E-state index >= 15 is 0 Å². The van der Waals surface area contributed by atoms with Gasteiger partial charge >= 0.3 is 6.18 Å². The zero-order valence-electron chi connectivity index (χ0n) is 17.7. The molecule has 0 aliphatic carbocycles. The van der Waals surface area contributed by atoms with Crippen molar-refractivity contribution in [1.82, 2.24) is 24.3 Å². The van der Waals surface area contributed by atoms with Crippen molar-refractivity contribution >= 4 is 28.0 Å². The summed E-state index contributed by atoms with van der Waals surface area (Å²) in [4.78, 5) is 28.0. The van der Waals surface area contributed by atoms with Crippen LogP contribution >= 0.6 is 11.3 Å². The van der Waals surface area contributed by atoms with Gasteiger partial charge in [-0.05, 0) is 6.07 Å². The SMILES string of the molecule is O=C(Nc1nc(CN2CCOCC2)cs1)c1nccn2cc(-c3ccccc3C(F)(F)F)nc12. The minimum absolute atomic E-state index is 0.0110. The number of thiazole rings is 1. The standard InChI is InChI=1S/C22H19F3N6O2S/c23-22(24,25)16-4-2-1-3-15(16)17-12-31-6-5-26-18(19(31)28-17)20(32)29-21-27-14(13-34-21)11-30-7-9-33-10-8-30/h1-6,12-13H,7-11H2,(H,27,29,32). The molecule has 4 heterocycles. The molecule has 0 atom stereocenters. The number of nitrogens with zero attached hydrogens (tertiary/aromatic N) is 5. The van der Waals surface area contributed by atoms with E-state index in [9.17, 15) is 18.0 Å². The molecule has 34 heavy (non-hydrogen) atoms. The normalized spacial score (nSPS) is 15.0. The highest BCUT2D eigenvalue weighted by atomic mass is 32.1. The number of alkyl halides is 3. The molecule has 0 saturated carbocycles. The molecule has 1 N–H and O–H groups in total. The second-order valence-corrected chi connectivity index (χ2v) is 8.52. The molecule has 1 aromatic carbocycles. The number of aromatic nitrogens is 4. The lowest BCUT2D eigenvalue weighted by Crippen LogP contribution is -2.35. The van der Waals surface area contributed by atoms with Crippen LogP contribution < -0.4 is 5.32 Å². The first-order chi connectivity index (χ1) is 16.4. The third kappa shape index (κ3) is 4.65. The van der Waals surface area contributed by atoms with Crippen molar-refractivity contribution in [3.63, 3.8) is 0 Å². The number of anilines is 1. The van der Waals surface area contributed by atoms with E-state index in [-0.39, 0.29) is 22.6 Å². The van der Waals surface area contributed by atoms with E-state index < -0.39 is 17.6 Å². The average Bonchev–Trinajstić information content (AvgIpc) is 3.45. The molecule has 1 fully saturated rings. The molecule has 3 aromatic heterocycles. The lowest BCUT2D eigenvalue weighted by molar-refractivity contribution is -0.137. The quantitative estimate of drug-likeness (QED) is 0.458. The van der Waals surface area contributed by atoms with Gasteiger partial charge in [0.15, 0.2) is 16.5 Å². The van der Waals surface area contributed by atoms with Crippen LogP contribution in [0.4, 0.5) is 18.3 Å². The largest absolute Gasteiger partial charge is 0.417 e. The molecular weight excluding hydrogens is 469 g/mol. The van der Waals surface area contributed by atoms with Gasteiger partial charge < -0.3 is 9.14 Å². The van der Waals surface area contributed by atoms with Crippen molar-refractivity contribution in [2.45, 2.75) is 12.7 Å². The van der Waals surface area contributed by atoms with Crippen LogP contribution in [0, 0.1) is 0 Å². The van der Waals surface area contributed by atoms with Gasteiger partial charge in [0.2, 0.25) is 0 Å². The second-order valence-electron chi connectivity index (χ2n) is 7.66. The lowest BCUT2D eigenvalue weighted by atomic mass is 10.1. The van der Waals surface area contributed by atoms with Gasteiger partial charge in [-0.1, -0.05) is 18.2 Å². The summed E-state index contributed by atoms with van der Waals surface area (Å²) in [7, 11) is 0. The summed E-state index contributed by atoms with van der Waals surface area (Å²) in [6.45, 7) is 3.67. The number of rotatable bonds is 5. The first-order valence-corrected chi connectivity index (χ1v) is 11.3. The number of carbonyl (C=O) groups excluding carboxylic acids is 1. The van der Waals surface area contributed by atoms with E-state index in [2.05, 4.69) is 25.2 Å². The molecule has 176 valence electrons. The van der Waals surface area contributed by atoms with E-state index in [0.717, 1.165) is 24.8 Å². The topological polar surface area (TPSA) is 84.7 Å². The third-order valence-corrected chi connectivity index (χ3v) is 6.17. The number of nitrogens with one attached hydrogen (secondary N) is 1. The molecule has 1 aliphatic rings. The molecule has 8 nitrogen and oxygen atoms in total. The van der Waals surface area contributed by atoms with E-state index in [1.165, 1.54) is 52.5 Å². The number of morpholine rings is 1. The summed E-state index contributed by atoms with van der Waals surface area (Å²) in [6, 6.07) is 5.19. The minimum Gasteiger partial charge on any atom is -0.379 e. The van der Waals surface area contributed by atoms with Crippen LogP contribution in [0.3, 0.4) is 0 Å². The summed E-state index contributed by atoms with van der Waals surface area (Å²) in [5.74, 6) is -0.542. The van der Waals surface area contributed by atoms with Gasteiger partial charge in [-0.3, -0.25) is 15.0 Å². The number of amides is 1. The molecule has 0 radical (unpaired) electrons. The summed E-state index contributed by atoms with van der Waals surface area (Å²) in [6.07, 6.45) is -0.159. The van der Waals surface area contributed by atoms with Gasteiger partial charge in [0.1, 0.15) is 0 Å². The van der Waals surface area contributed by atoms with Crippen LogP contribution in [0.5, 0.6) is 0 Å². The van der Waals surface area contributed by atoms with E-state index in [4.69, 9.17) is 4.74 Å². The first kappa shape index (κ1) is 22.4. The van der Waals surface area contributed by atoms with Crippen molar-refractivity contribution in [1.29, 1.82) is 0 Å². The summed E-state index contributed by atoms with van der Waals surface area (Å²) >= 11 is 1.29. The van der Waals surface area contributed by atoms with E-state index in [1.54, 1.807) is 0 Å². The van der Waals surface area contributed by atoms with Gasteiger partial charge in [0.05, 0.1) is 30.2 Å². The molecule has 1 amide bonds. The maximum Gasteiger partial charge on any atom is 0.417 e. The Morgan fingerprint density at radius 2 is 1.97 bits per heavy atom. The highest BCUT2D eigenvalue weighted by Crippen LogP contribution is 2.36. The Bertz CT molecular complexity index is 1330. The fourth-order valence-corrected chi connectivity index (χ4v) is 4.44. The fourth-order valence-electron chi connectivity index (χ4n) is 3.75. The van der Waals surface area contributed by atoms with E-state index in [1.807, 2.05) is 5.38 Å². The molecular formula is C22H19F3N6O2S. The zero-order chi connectivity index (χ0) is 23.7. The Kier molecular flexibility index (Phi) is 6.02. The Morgan fingerprint density at radius 1 is 1.18 bits per heavy atom. The molecule has 12 heteroatoms. The summed E-state index contributed by atoms with van der Waals surface area (Å²) in [5, 5.41) is 5.01. The van der Waals surface area contributed by atoms with Crippen LogP contribution in [0.15, 0.2) is 48.2 Å². The van der Waals surface area contributed by atoms with Gasteiger partial charge in [0.25, 0.3) is 5.91 Å². The number of hydrogen-bond acceptors (Lipinski definition) is 7. The monoisotopic (exact) mass is 488 g/mol. The molecule has 0 unspecified atom stereocenters. The summed E-state index contributed by atoms with van der Waals surface area (Å²) in [5.41, 5.74) is 0.197. The zero-order valence-corrected chi connectivity index (χ0v) is 18.6. The van der Waals surface area contributed by atoms with Crippen molar-refractivity contribution in [3.8, 4) is 11.3 Å². The Labute approximate surface area is 196 Å². The van der Waals surface area contributed by atoms with Crippen molar-refractivity contribution < 1.29 is 22.7 Å². The van der Waals surface area contributed by atoms with E-state index in [0.29, 0.717) is 24.9 Å². The number of imidazole rings is 1. The Balaban J connectivity index is 1.39. The van der Waals surface area contributed by atoms with Gasteiger partial charge in [-0.2, -0.15) is 13.2 Å². The molecule has 0 bridgehead atoms. The predicted molar refractivity (Wildman–Crippen MR) is 120 cm³/mol. The van der Waals surface area contributed by atoms with Crippen molar-refractivity contribution in [2.24, 2.45) is 0 Å². The number of ether oxygens (including phenoxy) is 1. The summed E-state index contributed by atoms with van der Waals surface area (Å²) < 4.78 is 47.2. The fraction of sp³-hybridized carbons (Fsp3) is 0.273. The van der Waals surface area contributed by atoms with Crippen molar-refractivity contribution in [3.05, 3.63) is 65.2 Å². The molecule has 1 saturated heterocycles. The minimum atomic E-state index is -4.53. The number of carbonyl (C=O) groups is 1. The predicted octanol–water partition coefficient (Wildman–Crippen LogP) is 3.96. The third-order valence-electron chi connectivity index (χ3n) is 5.36.